The third-order valence-corrected chi connectivity index (χ3v) is 2.98. The molecule has 0 saturated heterocycles. The zero-order valence-corrected chi connectivity index (χ0v) is 9.66. The summed E-state index contributed by atoms with van der Waals surface area (Å²) in [5.74, 6) is -0.265. The van der Waals surface area contributed by atoms with Crippen LogP contribution in [0.5, 0.6) is 0 Å². The van der Waals surface area contributed by atoms with Gasteiger partial charge in [0.15, 0.2) is 0 Å². The number of carbonyl (C=O) groups is 1. The van der Waals surface area contributed by atoms with Gasteiger partial charge in [0, 0.05) is 12.7 Å². The average molecular weight is 209 g/mol. The molecule has 1 aromatic rings. The van der Waals surface area contributed by atoms with Crippen LogP contribution in [0.25, 0.3) is 0 Å². The minimum atomic E-state index is -0.830. The van der Waals surface area contributed by atoms with Gasteiger partial charge in [0.05, 0.1) is 0 Å². The van der Waals surface area contributed by atoms with Crippen LogP contribution >= 0.6 is 0 Å². The molecular weight excluding hydrogens is 190 g/mol. The minimum absolute atomic E-state index is 0.432. The zero-order chi connectivity index (χ0) is 11.4. The highest BCUT2D eigenvalue weighted by molar-refractivity contribution is 5.87. The Labute approximate surface area is 90.7 Å². The summed E-state index contributed by atoms with van der Waals surface area (Å²) in [5, 5.41) is 9.07. The molecule has 0 saturated carbocycles. The van der Waals surface area contributed by atoms with Gasteiger partial charge in [-0.2, -0.15) is 0 Å². The van der Waals surface area contributed by atoms with Crippen LogP contribution in [0.1, 0.15) is 42.7 Å². The van der Waals surface area contributed by atoms with Gasteiger partial charge in [0.1, 0.15) is 5.69 Å². The maximum absolute atomic E-state index is 11.0. The van der Waals surface area contributed by atoms with Crippen molar-refractivity contribution in [2.75, 3.05) is 0 Å². The third kappa shape index (κ3) is 2.61. The highest BCUT2D eigenvalue weighted by Crippen LogP contribution is 2.16. The summed E-state index contributed by atoms with van der Waals surface area (Å²) in [4.78, 5) is 11.0. The van der Waals surface area contributed by atoms with Crippen molar-refractivity contribution in [3.8, 4) is 0 Å². The van der Waals surface area contributed by atoms with Gasteiger partial charge in [-0.05, 0) is 24.5 Å². The largest absolute Gasteiger partial charge is 0.477 e. The van der Waals surface area contributed by atoms with Crippen LogP contribution in [-0.2, 0) is 6.54 Å². The van der Waals surface area contributed by atoms with E-state index in [1.807, 2.05) is 23.8 Å². The Kier molecular flexibility index (Phi) is 3.95. The number of aryl methyl sites for hydroxylation is 1. The van der Waals surface area contributed by atoms with E-state index in [0.29, 0.717) is 11.6 Å². The molecule has 84 valence electrons. The van der Waals surface area contributed by atoms with Gasteiger partial charge in [-0.1, -0.05) is 26.7 Å². The monoisotopic (exact) mass is 209 g/mol. The summed E-state index contributed by atoms with van der Waals surface area (Å²) >= 11 is 0. The molecule has 0 atom stereocenters. The van der Waals surface area contributed by atoms with Crippen LogP contribution in [0.15, 0.2) is 12.3 Å². The van der Waals surface area contributed by atoms with Crippen LogP contribution < -0.4 is 0 Å². The van der Waals surface area contributed by atoms with Crippen molar-refractivity contribution in [2.45, 2.75) is 40.2 Å². The smallest absolute Gasteiger partial charge is 0.352 e. The lowest BCUT2D eigenvalue weighted by Crippen LogP contribution is -2.14. The van der Waals surface area contributed by atoms with E-state index in [2.05, 4.69) is 13.8 Å². The quantitative estimate of drug-likeness (QED) is 0.810. The summed E-state index contributed by atoms with van der Waals surface area (Å²) < 4.78 is 1.86. The van der Waals surface area contributed by atoms with Crippen molar-refractivity contribution >= 4 is 5.97 Å². The molecule has 0 fully saturated rings. The molecule has 1 rings (SSSR count). The fraction of sp³-hybridized carbons (Fsp3) is 0.583. The Hall–Kier alpha value is -1.25. The molecule has 15 heavy (non-hydrogen) atoms. The molecule has 1 aromatic heterocycles. The number of hydrogen-bond donors (Lipinski definition) is 1. The predicted molar refractivity (Wildman–Crippen MR) is 60.2 cm³/mol. The number of aromatic carboxylic acids is 1. The molecule has 3 nitrogen and oxygen atoms in total. The van der Waals surface area contributed by atoms with Gasteiger partial charge in [0.2, 0.25) is 0 Å². The van der Waals surface area contributed by atoms with Crippen molar-refractivity contribution in [3.05, 3.63) is 23.5 Å². The number of rotatable bonds is 5. The van der Waals surface area contributed by atoms with Gasteiger partial charge >= 0.3 is 5.97 Å². The molecule has 0 aromatic carbocycles. The van der Waals surface area contributed by atoms with Gasteiger partial charge in [-0.15, -0.1) is 0 Å². The maximum atomic E-state index is 11.0. The Morgan fingerprint density at radius 2 is 2.07 bits per heavy atom. The van der Waals surface area contributed by atoms with Crippen molar-refractivity contribution in [1.82, 2.24) is 4.57 Å². The normalized spacial score (nSPS) is 10.9. The molecule has 0 aliphatic heterocycles. The van der Waals surface area contributed by atoms with E-state index in [9.17, 15) is 4.79 Å². The van der Waals surface area contributed by atoms with E-state index in [0.717, 1.165) is 24.9 Å². The maximum Gasteiger partial charge on any atom is 0.352 e. The van der Waals surface area contributed by atoms with E-state index >= 15 is 0 Å². The third-order valence-electron chi connectivity index (χ3n) is 2.98. The summed E-state index contributed by atoms with van der Waals surface area (Å²) in [6, 6.07) is 1.87. The first kappa shape index (κ1) is 11.8. The molecule has 0 amide bonds. The number of hydrogen-bond acceptors (Lipinski definition) is 1. The fourth-order valence-electron chi connectivity index (χ4n) is 1.85. The van der Waals surface area contributed by atoms with Crippen molar-refractivity contribution < 1.29 is 9.90 Å². The molecule has 0 bridgehead atoms. The summed E-state index contributed by atoms with van der Waals surface area (Å²) in [6.07, 6.45) is 4.05. The second-order valence-electron chi connectivity index (χ2n) is 3.99. The first-order chi connectivity index (χ1) is 7.10. The lowest BCUT2D eigenvalue weighted by molar-refractivity contribution is 0.0683. The van der Waals surface area contributed by atoms with Crippen LogP contribution in [0.4, 0.5) is 0 Å². The highest BCUT2D eigenvalue weighted by atomic mass is 16.4. The number of nitrogens with zero attached hydrogens (tertiary/aromatic N) is 1. The Morgan fingerprint density at radius 3 is 2.53 bits per heavy atom. The molecule has 0 aliphatic carbocycles. The van der Waals surface area contributed by atoms with Gasteiger partial charge in [-0.25, -0.2) is 4.79 Å². The number of aromatic nitrogens is 1. The Morgan fingerprint density at radius 1 is 1.47 bits per heavy atom. The lowest BCUT2D eigenvalue weighted by atomic mass is 10.0. The molecule has 1 heterocycles. The second-order valence-corrected chi connectivity index (χ2v) is 3.99. The van der Waals surface area contributed by atoms with Crippen LogP contribution in [0.3, 0.4) is 0 Å². The first-order valence-corrected chi connectivity index (χ1v) is 5.49. The lowest BCUT2D eigenvalue weighted by Gasteiger charge is -2.14. The zero-order valence-electron chi connectivity index (χ0n) is 9.66. The summed E-state index contributed by atoms with van der Waals surface area (Å²) in [5.41, 5.74) is 1.27. The van der Waals surface area contributed by atoms with E-state index in [1.165, 1.54) is 0 Å². The highest BCUT2D eigenvalue weighted by Gasteiger charge is 2.15. The minimum Gasteiger partial charge on any atom is -0.477 e. The Bertz CT molecular complexity index is 337. The molecule has 3 heteroatoms. The fourth-order valence-corrected chi connectivity index (χ4v) is 1.85. The van der Waals surface area contributed by atoms with Gasteiger partial charge in [-0.3, -0.25) is 0 Å². The predicted octanol–water partition coefficient (Wildman–Crippen LogP) is 2.93. The summed E-state index contributed by atoms with van der Waals surface area (Å²) in [7, 11) is 0. The number of carboxylic acids is 1. The molecule has 1 N–H and O–H groups in total. The van der Waals surface area contributed by atoms with E-state index in [-0.39, 0.29) is 0 Å². The molecule has 0 aliphatic rings. The van der Waals surface area contributed by atoms with Crippen LogP contribution in [-0.4, -0.2) is 15.6 Å². The van der Waals surface area contributed by atoms with Crippen LogP contribution in [0.2, 0.25) is 0 Å². The van der Waals surface area contributed by atoms with Gasteiger partial charge in [0.25, 0.3) is 0 Å². The van der Waals surface area contributed by atoms with E-state index in [1.54, 1.807) is 0 Å². The average Bonchev–Trinajstić information content (AvgIpc) is 2.56. The second kappa shape index (κ2) is 5.01. The molecule has 0 spiro atoms. The van der Waals surface area contributed by atoms with E-state index < -0.39 is 5.97 Å². The van der Waals surface area contributed by atoms with Crippen molar-refractivity contribution in [1.29, 1.82) is 0 Å². The molecular formula is C12H19NO2. The number of carboxylic acid groups (broad SMARTS) is 1. The molecule has 0 radical (unpaired) electrons. The Balaban J connectivity index is 2.89. The van der Waals surface area contributed by atoms with Gasteiger partial charge < -0.3 is 9.67 Å². The first-order valence-electron chi connectivity index (χ1n) is 5.49. The summed E-state index contributed by atoms with van der Waals surface area (Å²) in [6.45, 7) is 6.94. The SMILES string of the molecule is CCC(CC)Cn1ccc(C)c1C(=O)O. The topological polar surface area (TPSA) is 42.2 Å². The standard InChI is InChI=1S/C12H19NO2/c1-4-10(5-2)8-13-7-6-9(3)11(13)12(14)15/h6-7,10H,4-5,8H2,1-3H3,(H,14,15). The van der Waals surface area contributed by atoms with Crippen LogP contribution in [0, 0.1) is 12.8 Å². The van der Waals surface area contributed by atoms with Crippen molar-refractivity contribution in [3.63, 3.8) is 0 Å². The van der Waals surface area contributed by atoms with E-state index in [4.69, 9.17) is 5.11 Å². The van der Waals surface area contributed by atoms with Crippen molar-refractivity contribution in [2.24, 2.45) is 5.92 Å². The molecule has 0 unspecified atom stereocenters.